The van der Waals surface area contributed by atoms with Crippen molar-refractivity contribution in [3.8, 4) is 6.07 Å². The molecular formula is C29H20ClN3O3S. The summed E-state index contributed by atoms with van der Waals surface area (Å²) in [6, 6.07) is 23.8. The van der Waals surface area contributed by atoms with Crippen molar-refractivity contribution in [2.24, 2.45) is 0 Å². The molecule has 5 rings (SSSR count). The second kappa shape index (κ2) is 10.1. The van der Waals surface area contributed by atoms with Gasteiger partial charge < -0.3 is 4.57 Å². The summed E-state index contributed by atoms with van der Waals surface area (Å²) >= 11 is 6.71. The molecule has 1 fully saturated rings. The number of halogens is 1. The van der Waals surface area contributed by atoms with Crippen LogP contribution in [0.3, 0.4) is 0 Å². The maximum atomic E-state index is 13.2. The third-order valence-electron chi connectivity index (χ3n) is 6.36. The Kier molecular flexibility index (Phi) is 6.70. The van der Waals surface area contributed by atoms with E-state index in [0.717, 1.165) is 44.4 Å². The summed E-state index contributed by atoms with van der Waals surface area (Å²) in [5.74, 6) is -0.840. The second-order valence-corrected chi connectivity index (χ2v) is 10.00. The Labute approximate surface area is 222 Å². The number of Topliss-reactive ketones (excluding diaryl/α,β-unsaturated/α-hetero) is 1. The number of fused-ring (bicyclic) bond motifs is 1. The van der Waals surface area contributed by atoms with Crippen LogP contribution in [0.25, 0.3) is 17.0 Å². The highest BCUT2D eigenvalue weighted by atomic mass is 35.5. The maximum absolute atomic E-state index is 13.2. The van der Waals surface area contributed by atoms with Gasteiger partial charge in [-0.05, 0) is 66.7 Å². The van der Waals surface area contributed by atoms with Gasteiger partial charge in [0.25, 0.3) is 11.1 Å². The van der Waals surface area contributed by atoms with Gasteiger partial charge in [-0.1, -0.05) is 48.0 Å². The van der Waals surface area contributed by atoms with Gasteiger partial charge in [-0.25, -0.2) is 0 Å². The average Bonchev–Trinajstić information content (AvgIpc) is 3.32. The van der Waals surface area contributed by atoms with Gasteiger partial charge >= 0.3 is 0 Å². The molecule has 0 saturated carbocycles. The van der Waals surface area contributed by atoms with Crippen LogP contribution in [0.4, 0.5) is 4.79 Å². The number of nitrogens with zero attached hydrogens (tertiary/aromatic N) is 3. The molecule has 0 bridgehead atoms. The highest BCUT2D eigenvalue weighted by Crippen LogP contribution is 2.36. The molecule has 1 aliphatic rings. The van der Waals surface area contributed by atoms with Crippen LogP contribution < -0.4 is 0 Å². The average molecular weight is 526 g/mol. The summed E-state index contributed by atoms with van der Waals surface area (Å²) in [5, 5.41) is 10.5. The number of carbonyl (C=O) groups is 3. The summed E-state index contributed by atoms with van der Waals surface area (Å²) < 4.78 is 2.10. The summed E-state index contributed by atoms with van der Waals surface area (Å²) in [7, 11) is 0. The van der Waals surface area contributed by atoms with Gasteiger partial charge in [-0.3, -0.25) is 19.3 Å². The van der Waals surface area contributed by atoms with E-state index < -0.39 is 11.1 Å². The van der Waals surface area contributed by atoms with Crippen LogP contribution in [0, 0.1) is 18.3 Å². The molecule has 1 aliphatic heterocycles. The third-order valence-corrected chi connectivity index (χ3v) is 7.52. The number of amides is 2. The molecule has 0 spiro atoms. The summed E-state index contributed by atoms with van der Waals surface area (Å²) in [4.78, 5) is 39.8. The van der Waals surface area contributed by atoms with E-state index in [-0.39, 0.29) is 17.2 Å². The molecule has 6 nitrogen and oxygen atoms in total. The number of hydrogen-bond donors (Lipinski definition) is 0. The van der Waals surface area contributed by atoms with Crippen LogP contribution in [0.2, 0.25) is 5.02 Å². The lowest BCUT2D eigenvalue weighted by Gasteiger charge is -2.11. The fraction of sp³-hybridized carbons (Fsp3) is 0.103. The van der Waals surface area contributed by atoms with E-state index in [4.69, 9.17) is 11.6 Å². The van der Waals surface area contributed by atoms with Crippen LogP contribution >= 0.6 is 23.4 Å². The van der Waals surface area contributed by atoms with Gasteiger partial charge in [-0.2, -0.15) is 5.26 Å². The Balaban J connectivity index is 1.48. The number of imide groups is 1. The minimum Gasteiger partial charge on any atom is -0.340 e. The van der Waals surface area contributed by atoms with E-state index in [9.17, 15) is 19.6 Å². The Bertz CT molecular complexity index is 1650. The molecule has 2 amide bonds. The van der Waals surface area contributed by atoms with E-state index in [2.05, 4.69) is 10.6 Å². The van der Waals surface area contributed by atoms with Gasteiger partial charge in [0.05, 0.1) is 23.1 Å². The van der Waals surface area contributed by atoms with Crippen molar-refractivity contribution < 1.29 is 14.4 Å². The lowest BCUT2D eigenvalue weighted by molar-refractivity contribution is -0.122. The summed E-state index contributed by atoms with van der Waals surface area (Å²) in [5.41, 5.74) is 4.55. The number of nitriles is 1. The summed E-state index contributed by atoms with van der Waals surface area (Å²) in [6.07, 6.45) is 1.72. The third kappa shape index (κ3) is 4.69. The Hall–Kier alpha value is -4.12. The van der Waals surface area contributed by atoms with Crippen LogP contribution in [0.15, 0.2) is 77.7 Å². The van der Waals surface area contributed by atoms with Crippen LogP contribution in [-0.2, 0) is 11.3 Å². The number of thioether (sulfide) groups is 1. The molecule has 0 N–H and O–H groups in total. The minimum atomic E-state index is -0.497. The molecule has 1 saturated heterocycles. The molecule has 8 heteroatoms. The standard InChI is InChI=1S/C29H20ClN3O3S/c1-18-24(23-8-4-5-9-25(23)32(18)16-21-7-3-2-6-20(21)15-31)14-27-28(35)33(29(36)37-27)17-26(34)19-10-12-22(30)13-11-19/h2-14H,16-17H2,1H3/b27-14-. The first-order valence-electron chi connectivity index (χ1n) is 11.5. The number of rotatable bonds is 6. The zero-order valence-corrected chi connectivity index (χ0v) is 21.3. The fourth-order valence-electron chi connectivity index (χ4n) is 4.42. The van der Waals surface area contributed by atoms with E-state index in [1.165, 1.54) is 0 Å². The zero-order valence-electron chi connectivity index (χ0n) is 19.8. The van der Waals surface area contributed by atoms with Gasteiger partial charge in [0, 0.05) is 39.3 Å². The molecule has 2 heterocycles. The largest absolute Gasteiger partial charge is 0.340 e. The zero-order chi connectivity index (χ0) is 26.1. The second-order valence-electron chi connectivity index (χ2n) is 8.57. The molecule has 37 heavy (non-hydrogen) atoms. The fourth-order valence-corrected chi connectivity index (χ4v) is 5.37. The minimum absolute atomic E-state index is 0.261. The lowest BCUT2D eigenvalue weighted by Crippen LogP contribution is -2.33. The van der Waals surface area contributed by atoms with Crippen LogP contribution in [0.1, 0.15) is 32.7 Å². The van der Waals surface area contributed by atoms with Gasteiger partial charge in [0.15, 0.2) is 5.78 Å². The summed E-state index contributed by atoms with van der Waals surface area (Å²) in [6.45, 7) is 2.10. The number of para-hydroxylation sites is 1. The van der Waals surface area contributed by atoms with Gasteiger partial charge in [0.1, 0.15) is 0 Å². The lowest BCUT2D eigenvalue weighted by atomic mass is 10.1. The molecule has 0 unspecified atom stereocenters. The van der Waals surface area contributed by atoms with Crippen LogP contribution in [-0.4, -0.2) is 32.9 Å². The molecule has 0 aliphatic carbocycles. The molecule has 3 aromatic carbocycles. The highest BCUT2D eigenvalue weighted by Gasteiger charge is 2.36. The van der Waals surface area contributed by atoms with Crippen molar-refractivity contribution in [2.75, 3.05) is 6.54 Å². The number of carbonyl (C=O) groups excluding carboxylic acids is 3. The first kappa shape index (κ1) is 24.6. The molecule has 182 valence electrons. The number of ketones is 1. The van der Waals surface area contributed by atoms with Crippen molar-refractivity contribution in [2.45, 2.75) is 13.5 Å². The molecule has 0 radical (unpaired) electrons. The molecular weight excluding hydrogens is 506 g/mol. The van der Waals surface area contributed by atoms with Crippen molar-refractivity contribution in [3.05, 3.63) is 111 Å². The Morgan fingerprint density at radius 2 is 1.73 bits per heavy atom. The highest BCUT2D eigenvalue weighted by molar-refractivity contribution is 8.18. The monoisotopic (exact) mass is 525 g/mol. The number of hydrogen-bond acceptors (Lipinski definition) is 5. The predicted octanol–water partition coefficient (Wildman–Crippen LogP) is 6.44. The van der Waals surface area contributed by atoms with E-state index >= 15 is 0 Å². The predicted molar refractivity (Wildman–Crippen MR) is 145 cm³/mol. The van der Waals surface area contributed by atoms with Gasteiger partial charge in [-0.15, -0.1) is 0 Å². The molecule has 0 atom stereocenters. The Morgan fingerprint density at radius 1 is 1.03 bits per heavy atom. The van der Waals surface area contributed by atoms with Gasteiger partial charge in [0.2, 0.25) is 0 Å². The quantitative estimate of drug-likeness (QED) is 0.213. The maximum Gasteiger partial charge on any atom is 0.293 e. The van der Waals surface area contributed by atoms with E-state index in [0.29, 0.717) is 22.7 Å². The van der Waals surface area contributed by atoms with Crippen molar-refractivity contribution in [1.82, 2.24) is 9.47 Å². The SMILES string of the molecule is Cc1c(/C=C2\SC(=O)N(CC(=O)c3ccc(Cl)cc3)C2=O)c2ccccc2n1Cc1ccccc1C#N. The normalized spacial score (nSPS) is 14.5. The van der Waals surface area contributed by atoms with Crippen LogP contribution in [0.5, 0.6) is 0 Å². The smallest absolute Gasteiger partial charge is 0.293 e. The number of benzene rings is 3. The van der Waals surface area contributed by atoms with Crippen molar-refractivity contribution >= 4 is 57.3 Å². The first-order chi connectivity index (χ1) is 17.9. The van der Waals surface area contributed by atoms with E-state index in [1.807, 2.05) is 49.4 Å². The molecule has 1 aromatic heterocycles. The number of aromatic nitrogens is 1. The molecule has 4 aromatic rings. The van der Waals surface area contributed by atoms with E-state index in [1.54, 1.807) is 36.4 Å². The van der Waals surface area contributed by atoms with Crippen molar-refractivity contribution in [3.63, 3.8) is 0 Å². The topological polar surface area (TPSA) is 83.2 Å². The Morgan fingerprint density at radius 3 is 2.49 bits per heavy atom. The van der Waals surface area contributed by atoms with Crippen molar-refractivity contribution in [1.29, 1.82) is 5.26 Å². The first-order valence-corrected chi connectivity index (χ1v) is 12.7.